The molecule has 0 atom stereocenters. The van der Waals surface area contributed by atoms with E-state index in [-0.39, 0.29) is 5.56 Å². The highest BCUT2D eigenvalue weighted by molar-refractivity contribution is 5.93. The van der Waals surface area contributed by atoms with Crippen LogP contribution >= 0.6 is 0 Å². The summed E-state index contributed by atoms with van der Waals surface area (Å²) in [7, 11) is 0. The first-order chi connectivity index (χ1) is 11.2. The molecule has 0 bridgehead atoms. The zero-order chi connectivity index (χ0) is 16.7. The smallest absolute Gasteiger partial charge is 0.351 e. The number of ether oxygens (including phenoxy) is 1. The van der Waals surface area contributed by atoms with E-state index < -0.39 is 11.6 Å². The molecule has 23 heavy (non-hydrogen) atoms. The van der Waals surface area contributed by atoms with Crippen LogP contribution in [0.5, 0.6) is 0 Å². The van der Waals surface area contributed by atoms with Crippen LogP contribution in [0.25, 0.3) is 11.0 Å². The van der Waals surface area contributed by atoms with Crippen LogP contribution in [0, 0.1) is 12.5 Å². The van der Waals surface area contributed by atoms with Gasteiger partial charge in [0.2, 0.25) is 0 Å². The lowest BCUT2D eigenvalue weighted by Gasteiger charge is -2.05. The highest BCUT2D eigenvalue weighted by Gasteiger charge is 2.15. The van der Waals surface area contributed by atoms with Gasteiger partial charge < -0.3 is 14.5 Å². The Balaban J connectivity index is 2.13. The van der Waals surface area contributed by atoms with Crippen LogP contribution in [0.3, 0.4) is 0 Å². The third-order valence-corrected chi connectivity index (χ3v) is 3.40. The summed E-state index contributed by atoms with van der Waals surface area (Å²) in [6.07, 6.45) is 9.16. The first kappa shape index (κ1) is 16.6. The Morgan fingerprint density at radius 3 is 2.87 bits per heavy atom. The van der Waals surface area contributed by atoms with Crippen molar-refractivity contribution in [2.75, 3.05) is 11.9 Å². The number of fused-ring (bicyclic) bond motifs is 1. The summed E-state index contributed by atoms with van der Waals surface area (Å²) in [6, 6.07) is 8.83. The van der Waals surface area contributed by atoms with Gasteiger partial charge in [-0.1, -0.05) is 32.6 Å². The second kappa shape index (κ2) is 8.04. The van der Waals surface area contributed by atoms with E-state index >= 15 is 0 Å². The van der Waals surface area contributed by atoms with Crippen LogP contribution < -0.4 is 10.9 Å². The largest absolute Gasteiger partial charge is 0.462 e. The number of rotatable bonds is 7. The van der Waals surface area contributed by atoms with Crippen molar-refractivity contribution in [1.29, 1.82) is 0 Å². The Morgan fingerprint density at radius 2 is 2.13 bits per heavy atom. The SMILES string of the molecule is C#CNc1ccc2cc(C(=O)OCCCCCC)c(=O)oc2c1. The molecule has 0 fully saturated rings. The monoisotopic (exact) mass is 313 g/mol. The molecular weight excluding hydrogens is 294 g/mol. The highest BCUT2D eigenvalue weighted by Crippen LogP contribution is 2.19. The highest BCUT2D eigenvalue weighted by atomic mass is 16.5. The Labute approximate surface area is 134 Å². The molecule has 5 heteroatoms. The molecular formula is C18H19NO4. The molecule has 0 aliphatic carbocycles. The second-order valence-corrected chi connectivity index (χ2v) is 5.17. The molecule has 1 N–H and O–H groups in total. The number of unbranched alkanes of at least 4 members (excludes halogenated alkanes) is 3. The molecule has 0 aliphatic rings. The minimum absolute atomic E-state index is 0.0920. The third-order valence-electron chi connectivity index (χ3n) is 3.40. The first-order valence-electron chi connectivity index (χ1n) is 7.62. The molecule has 5 nitrogen and oxygen atoms in total. The van der Waals surface area contributed by atoms with Gasteiger partial charge in [-0.25, -0.2) is 9.59 Å². The van der Waals surface area contributed by atoms with Gasteiger partial charge in [-0.3, -0.25) is 0 Å². The normalized spacial score (nSPS) is 10.3. The van der Waals surface area contributed by atoms with Crippen molar-refractivity contribution in [3.05, 3.63) is 40.2 Å². The van der Waals surface area contributed by atoms with Gasteiger partial charge >= 0.3 is 11.6 Å². The predicted molar refractivity (Wildman–Crippen MR) is 89.4 cm³/mol. The summed E-state index contributed by atoms with van der Waals surface area (Å²) in [4.78, 5) is 23.9. The zero-order valence-electron chi connectivity index (χ0n) is 13.1. The molecule has 0 saturated carbocycles. The van der Waals surface area contributed by atoms with Gasteiger partial charge in [0.15, 0.2) is 0 Å². The Hall–Kier alpha value is -2.74. The maximum atomic E-state index is 12.0. The molecule has 1 heterocycles. The second-order valence-electron chi connectivity index (χ2n) is 5.17. The van der Waals surface area contributed by atoms with Crippen molar-refractivity contribution >= 4 is 22.6 Å². The van der Waals surface area contributed by atoms with Gasteiger partial charge in [0, 0.05) is 23.2 Å². The van der Waals surface area contributed by atoms with Gasteiger partial charge in [0.1, 0.15) is 11.1 Å². The number of hydrogen-bond donors (Lipinski definition) is 1. The molecule has 1 aromatic carbocycles. The van der Waals surface area contributed by atoms with Gasteiger partial charge in [-0.15, -0.1) is 0 Å². The maximum Gasteiger partial charge on any atom is 0.351 e. The number of carbonyl (C=O) groups is 1. The summed E-state index contributed by atoms with van der Waals surface area (Å²) >= 11 is 0. The molecule has 0 aliphatic heterocycles. The van der Waals surface area contributed by atoms with Crippen LogP contribution in [0.4, 0.5) is 5.69 Å². The fourth-order valence-electron chi connectivity index (χ4n) is 2.19. The van der Waals surface area contributed by atoms with Crippen molar-refractivity contribution in [1.82, 2.24) is 0 Å². The Bertz CT molecular complexity index is 786. The van der Waals surface area contributed by atoms with E-state index in [1.165, 1.54) is 6.07 Å². The minimum atomic E-state index is -0.714. The van der Waals surface area contributed by atoms with Crippen molar-refractivity contribution in [3.8, 4) is 12.5 Å². The third kappa shape index (κ3) is 4.36. The van der Waals surface area contributed by atoms with E-state index in [4.69, 9.17) is 15.6 Å². The molecule has 120 valence electrons. The van der Waals surface area contributed by atoms with E-state index in [1.807, 2.05) is 0 Å². The van der Waals surface area contributed by atoms with Gasteiger partial charge in [-0.05, 0) is 24.6 Å². The van der Waals surface area contributed by atoms with Crippen LogP contribution in [-0.2, 0) is 4.74 Å². The first-order valence-corrected chi connectivity index (χ1v) is 7.62. The number of benzene rings is 1. The Morgan fingerprint density at radius 1 is 1.30 bits per heavy atom. The van der Waals surface area contributed by atoms with Crippen LogP contribution in [0.15, 0.2) is 33.5 Å². The molecule has 2 rings (SSSR count). The average Bonchev–Trinajstić information content (AvgIpc) is 2.54. The van der Waals surface area contributed by atoms with Crippen molar-refractivity contribution in [2.24, 2.45) is 0 Å². The van der Waals surface area contributed by atoms with E-state index in [0.717, 1.165) is 25.7 Å². The summed E-state index contributed by atoms with van der Waals surface area (Å²) in [5.74, 6) is -0.650. The van der Waals surface area contributed by atoms with Crippen molar-refractivity contribution in [2.45, 2.75) is 32.6 Å². The molecule has 0 saturated heterocycles. The summed E-state index contributed by atoms with van der Waals surface area (Å²) < 4.78 is 10.3. The molecule has 0 unspecified atom stereocenters. The van der Waals surface area contributed by atoms with Crippen LogP contribution in [0.1, 0.15) is 43.0 Å². The summed E-state index contributed by atoms with van der Waals surface area (Å²) in [6.45, 7) is 2.41. The molecule has 0 amide bonds. The van der Waals surface area contributed by atoms with Crippen LogP contribution in [0.2, 0.25) is 0 Å². The lowest BCUT2D eigenvalue weighted by atomic mass is 10.1. The van der Waals surface area contributed by atoms with E-state index in [1.54, 1.807) is 18.2 Å². The van der Waals surface area contributed by atoms with E-state index in [2.05, 4.69) is 18.3 Å². The molecule has 2 aromatic rings. The summed E-state index contributed by atoms with van der Waals surface area (Å²) in [5.41, 5.74) is 0.184. The van der Waals surface area contributed by atoms with Crippen molar-refractivity contribution < 1.29 is 13.9 Å². The molecule has 1 aromatic heterocycles. The number of carbonyl (C=O) groups excluding carboxylic acids is 1. The molecule has 0 radical (unpaired) electrons. The maximum absolute atomic E-state index is 12.0. The topological polar surface area (TPSA) is 68.5 Å². The number of nitrogens with one attached hydrogen (secondary N) is 1. The fraction of sp³-hybridized carbons (Fsp3) is 0.333. The number of terminal acetylenes is 1. The summed E-state index contributed by atoms with van der Waals surface area (Å²) in [5, 5.41) is 3.30. The average molecular weight is 313 g/mol. The van der Waals surface area contributed by atoms with Gasteiger partial charge in [-0.2, -0.15) is 0 Å². The number of hydrogen-bond acceptors (Lipinski definition) is 5. The van der Waals surface area contributed by atoms with Gasteiger partial charge in [0.25, 0.3) is 0 Å². The van der Waals surface area contributed by atoms with Crippen molar-refractivity contribution in [3.63, 3.8) is 0 Å². The standard InChI is InChI=1S/C18H19NO4/c1-3-5-6-7-10-22-17(20)15-11-13-8-9-14(19-4-2)12-16(13)23-18(15)21/h2,8-9,11-12,19H,3,5-7,10H2,1H3. The quantitative estimate of drug-likeness (QED) is 0.278. The number of anilines is 1. The van der Waals surface area contributed by atoms with E-state index in [0.29, 0.717) is 23.3 Å². The zero-order valence-corrected chi connectivity index (χ0v) is 13.1. The van der Waals surface area contributed by atoms with Crippen LogP contribution in [-0.4, -0.2) is 12.6 Å². The van der Waals surface area contributed by atoms with Gasteiger partial charge in [0.05, 0.1) is 6.61 Å². The fourth-order valence-corrected chi connectivity index (χ4v) is 2.19. The lowest BCUT2D eigenvalue weighted by Crippen LogP contribution is -2.17. The minimum Gasteiger partial charge on any atom is -0.462 e. The Kier molecular flexibility index (Phi) is 5.81. The lowest BCUT2D eigenvalue weighted by molar-refractivity contribution is 0.0493. The molecule has 0 spiro atoms. The van der Waals surface area contributed by atoms with E-state index in [9.17, 15) is 9.59 Å². The number of esters is 1. The predicted octanol–water partition coefficient (Wildman–Crippen LogP) is 3.53.